The number of methoxy groups -OCH3 is 1. The molecule has 0 spiro atoms. The molecule has 0 aromatic heterocycles. The van der Waals surface area contributed by atoms with E-state index in [0.717, 1.165) is 0 Å². The summed E-state index contributed by atoms with van der Waals surface area (Å²) in [6.45, 7) is 0.328. The molecule has 1 aliphatic rings. The van der Waals surface area contributed by atoms with Crippen molar-refractivity contribution in [3.8, 4) is 5.75 Å². The molecule has 0 radical (unpaired) electrons. The standard InChI is InChI=1S/C15H21NO5S/c1-21-13-6-8-14(9-7-13)22(19,20)16-10-11-2-4-12(5-3-11)15(17)18/h6-9,11-12,16H,2-5,10H2,1H3,(H,17,18)/p-1. The Hall–Kier alpha value is -1.60. The maximum Gasteiger partial charge on any atom is 0.240 e. The van der Waals surface area contributed by atoms with Crippen LogP contribution in [0.25, 0.3) is 0 Å². The van der Waals surface area contributed by atoms with Gasteiger partial charge in [-0.15, -0.1) is 0 Å². The first-order valence-corrected chi connectivity index (χ1v) is 8.75. The van der Waals surface area contributed by atoms with Crippen molar-refractivity contribution < 1.29 is 23.1 Å². The Bertz CT molecular complexity index is 603. The van der Waals surface area contributed by atoms with E-state index in [4.69, 9.17) is 4.74 Å². The van der Waals surface area contributed by atoms with Crippen molar-refractivity contribution in [2.45, 2.75) is 30.6 Å². The molecule has 0 aliphatic heterocycles. The van der Waals surface area contributed by atoms with Crippen molar-refractivity contribution in [2.75, 3.05) is 13.7 Å². The molecule has 122 valence electrons. The van der Waals surface area contributed by atoms with Crippen LogP contribution in [0.5, 0.6) is 5.75 Å². The first-order chi connectivity index (χ1) is 10.4. The number of rotatable bonds is 6. The second-order valence-corrected chi connectivity index (χ2v) is 7.33. The fourth-order valence-electron chi connectivity index (χ4n) is 2.67. The van der Waals surface area contributed by atoms with Gasteiger partial charge in [-0.3, -0.25) is 0 Å². The second-order valence-electron chi connectivity index (χ2n) is 5.56. The highest BCUT2D eigenvalue weighted by atomic mass is 32.2. The molecule has 1 fully saturated rings. The first-order valence-electron chi connectivity index (χ1n) is 7.27. The van der Waals surface area contributed by atoms with Gasteiger partial charge in [0, 0.05) is 12.5 Å². The van der Waals surface area contributed by atoms with Gasteiger partial charge in [0.2, 0.25) is 10.0 Å². The number of carbonyl (C=O) groups is 1. The molecule has 6 nitrogen and oxygen atoms in total. The van der Waals surface area contributed by atoms with Crippen LogP contribution in [0.1, 0.15) is 25.7 Å². The number of ether oxygens (including phenoxy) is 1. The largest absolute Gasteiger partial charge is 0.550 e. The zero-order valence-corrected chi connectivity index (χ0v) is 13.3. The van der Waals surface area contributed by atoms with Crippen molar-refractivity contribution in [1.82, 2.24) is 4.72 Å². The van der Waals surface area contributed by atoms with Crippen LogP contribution in [0, 0.1) is 11.8 Å². The summed E-state index contributed by atoms with van der Waals surface area (Å²) in [5.74, 6) is -0.630. The van der Waals surface area contributed by atoms with Crippen LogP contribution in [0.15, 0.2) is 29.2 Å². The Morgan fingerprint density at radius 3 is 2.32 bits per heavy atom. The first kappa shape index (κ1) is 16.8. The summed E-state index contributed by atoms with van der Waals surface area (Å²) in [6, 6.07) is 6.18. The van der Waals surface area contributed by atoms with Crippen LogP contribution in [0.2, 0.25) is 0 Å². The Kier molecular flexibility index (Phi) is 5.42. The molecular formula is C15H20NO5S-. The highest BCUT2D eigenvalue weighted by Crippen LogP contribution is 2.28. The van der Waals surface area contributed by atoms with Gasteiger partial charge in [0.05, 0.1) is 12.0 Å². The van der Waals surface area contributed by atoms with Gasteiger partial charge in [-0.05, 0) is 61.8 Å². The smallest absolute Gasteiger partial charge is 0.240 e. The lowest BCUT2D eigenvalue weighted by Gasteiger charge is -2.29. The summed E-state index contributed by atoms with van der Waals surface area (Å²) in [5.41, 5.74) is 0. The maximum absolute atomic E-state index is 12.2. The lowest BCUT2D eigenvalue weighted by Crippen LogP contribution is -2.36. The molecule has 0 saturated heterocycles. The molecule has 1 aromatic rings. The Labute approximate surface area is 130 Å². The fourth-order valence-corrected chi connectivity index (χ4v) is 3.78. The minimum atomic E-state index is -3.55. The SMILES string of the molecule is COc1ccc(S(=O)(=O)NCC2CCC(C(=O)[O-])CC2)cc1. The Balaban J connectivity index is 1.89. The van der Waals surface area contributed by atoms with Gasteiger partial charge in [0.25, 0.3) is 0 Å². The zero-order chi connectivity index (χ0) is 16.2. The topological polar surface area (TPSA) is 95.5 Å². The fraction of sp³-hybridized carbons (Fsp3) is 0.533. The van der Waals surface area contributed by atoms with E-state index in [-0.39, 0.29) is 10.8 Å². The predicted octanol–water partition coefficient (Wildman–Crippen LogP) is 0.530. The van der Waals surface area contributed by atoms with E-state index < -0.39 is 21.9 Å². The number of benzene rings is 1. The minimum absolute atomic E-state index is 0.170. The van der Waals surface area contributed by atoms with E-state index in [9.17, 15) is 18.3 Å². The lowest BCUT2D eigenvalue weighted by atomic mass is 9.82. The summed E-state index contributed by atoms with van der Waals surface area (Å²) in [4.78, 5) is 11.0. The van der Waals surface area contributed by atoms with Crippen LogP contribution in [0.3, 0.4) is 0 Å². The molecule has 1 saturated carbocycles. The Morgan fingerprint density at radius 2 is 1.82 bits per heavy atom. The molecule has 22 heavy (non-hydrogen) atoms. The van der Waals surface area contributed by atoms with Gasteiger partial charge >= 0.3 is 0 Å². The van der Waals surface area contributed by atoms with Gasteiger partial charge < -0.3 is 14.6 Å². The van der Waals surface area contributed by atoms with Crippen LogP contribution in [-0.2, 0) is 14.8 Å². The van der Waals surface area contributed by atoms with E-state index in [2.05, 4.69) is 4.72 Å². The van der Waals surface area contributed by atoms with Crippen molar-refractivity contribution >= 4 is 16.0 Å². The van der Waals surface area contributed by atoms with Crippen LogP contribution in [-0.4, -0.2) is 28.0 Å². The van der Waals surface area contributed by atoms with Gasteiger partial charge in [0.15, 0.2) is 0 Å². The molecule has 0 unspecified atom stereocenters. The molecule has 1 aromatic carbocycles. The third-order valence-electron chi connectivity index (χ3n) is 4.11. The van der Waals surface area contributed by atoms with E-state index in [1.807, 2.05) is 0 Å². The number of carboxylic acid groups (broad SMARTS) is 1. The van der Waals surface area contributed by atoms with E-state index in [1.54, 1.807) is 12.1 Å². The number of carboxylic acids is 1. The number of sulfonamides is 1. The average Bonchev–Trinajstić information content (AvgIpc) is 2.53. The molecular weight excluding hydrogens is 306 g/mol. The van der Waals surface area contributed by atoms with E-state index in [0.29, 0.717) is 38.0 Å². The van der Waals surface area contributed by atoms with Crippen molar-refractivity contribution in [3.05, 3.63) is 24.3 Å². The van der Waals surface area contributed by atoms with E-state index >= 15 is 0 Å². The quantitative estimate of drug-likeness (QED) is 0.823. The summed E-state index contributed by atoms with van der Waals surface area (Å²) in [7, 11) is -2.03. The monoisotopic (exact) mass is 326 g/mol. The second kappa shape index (κ2) is 7.11. The summed E-state index contributed by atoms with van der Waals surface area (Å²) in [5, 5.41) is 10.8. The van der Waals surface area contributed by atoms with Gasteiger partial charge in [-0.1, -0.05) is 0 Å². The van der Waals surface area contributed by atoms with Gasteiger partial charge in [0.1, 0.15) is 5.75 Å². The molecule has 1 N–H and O–H groups in total. The third-order valence-corrected chi connectivity index (χ3v) is 5.55. The number of hydrogen-bond donors (Lipinski definition) is 1. The lowest BCUT2D eigenvalue weighted by molar-refractivity contribution is -0.312. The maximum atomic E-state index is 12.2. The molecule has 0 heterocycles. The predicted molar refractivity (Wildman–Crippen MR) is 78.6 cm³/mol. The molecule has 2 rings (SSSR count). The summed E-state index contributed by atoms with van der Waals surface area (Å²) < 4.78 is 32.0. The highest BCUT2D eigenvalue weighted by molar-refractivity contribution is 7.89. The highest BCUT2D eigenvalue weighted by Gasteiger charge is 2.23. The summed E-state index contributed by atoms with van der Waals surface area (Å²) >= 11 is 0. The number of nitrogens with one attached hydrogen (secondary N) is 1. The number of carbonyl (C=O) groups excluding carboxylic acids is 1. The summed E-state index contributed by atoms with van der Waals surface area (Å²) in [6.07, 6.45) is 2.50. The zero-order valence-electron chi connectivity index (χ0n) is 12.4. The van der Waals surface area contributed by atoms with Crippen LogP contribution < -0.4 is 14.6 Å². The number of hydrogen-bond acceptors (Lipinski definition) is 5. The molecule has 0 amide bonds. The van der Waals surface area contributed by atoms with Crippen molar-refractivity contribution in [2.24, 2.45) is 11.8 Å². The van der Waals surface area contributed by atoms with Crippen molar-refractivity contribution in [3.63, 3.8) is 0 Å². The molecule has 1 aliphatic carbocycles. The third kappa shape index (κ3) is 4.20. The van der Waals surface area contributed by atoms with Gasteiger partial charge in [-0.2, -0.15) is 0 Å². The van der Waals surface area contributed by atoms with Crippen LogP contribution >= 0.6 is 0 Å². The minimum Gasteiger partial charge on any atom is -0.550 e. The van der Waals surface area contributed by atoms with Gasteiger partial charge in [-0.25, -0.2) is 13.1 Å². The average molecular weight is 326 g/mol. The normalized spacial score (nSPS) is 22.2. The van der Waals surface area contributed by atoms with Crippen LogP contribution in [0.4, 0.5) is 0 Å². The molecule has 0 bridgehead atoms. The molecule has 7 heteroatoms. The van der Waals surface area contributed by atoms with E-state index in [1.165, 1.54) is 19.2 Å². The number of aliphatic carboxylic acids is 1. The Morgan fingerprint density at radius 1 is 1.23 bits per heavy atom. The van der Waals surface area contributed by atoms with Crippen molar-refractivity contribution in [1.29, 1.82) is 0 Å². The molecule has 0 atom stereocenters.